The fourth-order valence-corrected chi connectivity index (χ4v) is 5.06. The van der Waals surface area contributed by atoms with E-state index in [4.69, 9.17) is 4.74 Å². The van der Waals surface area contributed by atoms with Gasteiger partial charge in [0.25, 0.3) is 5.69 Å². The van der Waals surface area contributed by atoms with Gasteiger partial charge in [0.15, 0.2) is 0 Å². The monoisotopic (exact) mass is 506 g/mol. The lowest BCUT2D eigenvalue weighted by molar-refractivity contribution is -0.384. The summed E-state index contributed by atoms with van der Waals surface area (Å²) in [5.74, 6) is -0.0729. The summed E-state index contributed by atoms with van der Waals surface area (Å²) >= 11 is 0. The second kappa shape index (κ2) is 10.7. The maximum atomic E-state index is 13.1. The Labute approximate surface area is 201 Å². The molecule has 0 radical (unpaired) electrons. The summed E-state index contributed by atoms with van der Waals surface area (Å²) in [7, 11) is -3.91. The van der Waals surface area contributed by atoms with Crippen LogP contribution in [0, 0.1) is 10.1 Å². The number of nitrogens with one attached hydrogen (secondary N) is 1. The predicted octanol–water partition coefficient (Wildman–Crippen LogP) is 5.22. The van der Waals surface area contributed by atoms with Crippen LogP contribution < -0.4 is 10.2 Å². The minimum atomic E-state index is -3.91. The van der Waals surface area contributed by atoms with E-state index in [2.05, 4.69) is 10.5 Å². The summed E-state index contributed by atoms with van der Waals surface area (Å²) < 4.78 is 57.7. The molecule has 0 saturated heterocycles. The van der Waals surface area contributed by atoms with Gasteiger partial charge >= 0.3 is 6.61 Å². The Bertz CT molecular complexity index is 1380. The lowest BCUT2D eigenvalue weighted by Gasteiger charge is -2.18. The number of nitro benzene ring substituents is 1. The number of hydrazone groups is 1. The smallest absolute Gasteiger partial charge is 0.387 e. The van der Waals surface area contributed by atoms with Gasteiger partial charge in [-0.2, -0.15) is 18.2 Å². The van der Waals surface area contributed by atoms with Crippen molar-refractivity contribution in [2.75, 3.05) is 18.5 Å². The Hall–Kier alpha value is -3.64. The Balaban J connectivity index is 2.01. The van der Waals surface area contributed by atoms with Crippen LogP contribution in [0.15, 0.2) is 64.6 Å². The number of nitro groups is 1. The number of hydrogen-bond acceptors (Lipinski definition) is 7. The van der Waals surface area contributed by atoms with Crippen LogP contribution in [0.5, 0.6) is 5.75 Å². The standard InChI is InChI=1S/C23H24F2N4O5S/c1-4-28(5-2)35(32,33)17-11-13-20(21(14-17)29(30)31)27-26-15(3)18-12-10-16-8-6-7-9-19(16)22(18)34-23(24)25/h6-14,23,27H,4-5H2,1-3H3/b26-15-. The summed E-state index contributed by atoms with van der Waals surface area (Å²) in [4.78, 5) is 10.7. The first-order chi connectivity index (χ1) is 16.6. The van der Waals surface area contributed by atoms with Gasteiger partial charge in [0, 0.05) is 30.1 Å². The highest BCUT2D eigenvalue weighted by Crippen LogP contribution is 2.33. The highest BCUT2D eigenvalue weighted by molar-refractivity contribution is 7.89. The zero-order valence-corrected chi connectivity index (χ0v) is 20.1. The van der Waals surface area contributed by atoms with Crippen molar-refractivity contribution >= 4 is 37.9 Å². The maximum absolute atomic E-state index is 13.1. The van der Waals surface area contributed by atoms with Crippen LogP contribution in [0.1, 0.15) is 26.3 Å². The van der Waals surface area contributed by atoms with Gasteiger partial charge in [0.2, 0.25) is 10.0 Å². The lowest BCUT2D eigenvalue weighted by Crippen LogP contribution is -2.30. The number of benzene rings is 3. The molecule has 0 saturated carbocycles. The minimum absolute atomic E-state index is 0.0648. The lowest BCUT2D eigenvalue weighted by atomic mass is 10.0. The van der Waals surface area contributed by atoms with E-state index in [9.17, 15) is 27.3 Å². The zero-order chi connectivity index (χ0) is 25.8. The van der Waals surface area contributed by atoms with Crippen molar-refractivity contribution in [2.24, 2.45) is 5.10 Å². The second-order valence-corrected chi connectivity index (χ2v) is 9.31. The van der Waals surface area contributed by atoms with E-state index >= 15 is 0 Å². The number of hydrogen-bond donors (Lipinski definition) is 1. The van der Waals surface area contributed by atoms with Gasteiger partial charge in [0.05, 0.1) is 15.5 Å². The van der Waals surface area contributed by atoms with Gasteiger partial charge in [-0.1, -0.05) is 44.2 Å². The molecule has 1 N–H and O–H groups in total. The minimum Gasteiger partial charge on any atom is -0.433 e. The number of nitrogens with zero attached hydrogens (tertiary/aromatic N) is 3. The average Bonchev–Trinajstić information content (AvgIpc) is 2.82. The summed E-state index contributed by atoms with van der Waals surface area (Å²) in [6.45, 7) is 2.22. The molecule has 0 bridgehead atoms. The number of sulfonamides is 1. The number of rotatable bonds is 10. The van der Waals surface area contributed by atoms with Crippen LogP contribution in [-0.4, -0.2) is 43.1 Å². The molecule has 0 aliphatic rings. The summed E-state index contributed by atoms with van der Waals surface area (Å²) in [5, 5.41) is 16.9. The molecule has 3 aromatic carbocycles. The van der Waals surface area contributed by atoms with Crippen molar-refractivity contribution in [1.82, 2.24) is 4.31 Å². The predicted molar refractivity (Wildman–Crippen MR) is 130 cm³/mol. The van der Waals surface area contributed by atoms with Crippen molar-refractivity contribution < 1.29 is 26.9 Å². The van der Waals surface area contributed by atoms with E-state index in [1.165, 1.54) is 23.4 Å². The van der Waals surface area contributed by atoms with E-state index in [1.807, 2.05) is 0 Å². The molecular formula is C23H24F2N4O5S. The van der Waals surface area contributed by atoms with Crippen LogP contribution in [0.25, 0.3) is 10.8 Å². The molecule has 0 spiro atoms. The van der Waals surface area contributed by atoms with Crippen molar-refractivity contribution in [1.29, 1.82) is 0 Å². The van der Waals surface area contributed by atoms with Crippen molar-refractivity contribution in [3.8, 4) is 5.75 Å². The van der Waals surface area contributed by atoms with Crippen LogP contribution in [0.2, 0.25) is 0 Å². The van der Waals surface area contributed by atoms with Gasteiger partial charge in [0.1, 0.15) is 11.4 Å². The van der Waals surface area contributed by atoms with Gasteiger partial charge in [-0.25, -0.2) is 8.42 Å². The maximum Gasteiger partial charge on any atom is 0.387 e. The molecule has 0 aromatic heterocycles. The fraction of sp³-hybridized carbons (Fsp3) is 0.261. The third-order valence-corrected chi connectivity index (χ3v) is 7.38. The summed E-state index contributed by atoms with van der Waals surface area (Å²) in [6.07, 6.45) is 0. The van der Waals surface area contributed by atoms with Crippen molar-refractivity contribution in [3.63, 3.8) is 0 Å². The molecule has 0 aliphatic heterocycles. The Kier molecular flexibility index (Phi) is 7.97. The van der Waals surface area contributed by atoms with E-state index in [0.717, 1.165) is 6.07 Å². The number of anilines is 1. The molecule has 0 amide bonds. The molecule has 0 aliphatic carbocycles. The third kappa shape index (κ3) is 5.54. The van der Waals surface area contributed by atoms with E-state index < -0.39 is 27.2 Å². The van der Waals surface area contributed by atoms with Gasteiger partial charge in [-0.3, -0.25) is 15.5 Å². The topological polar surface area (TPSA) is 114 Å². The molecular weight excluding hydrogens is 482 g/mol. The molecule has 9 nitrogen and oxygen atoms in total. The van der Waals surface area contributed by atoms with Crippen LogP contribution in [0.3, 0.4) is 0 Å². The molecule has 0 heterocycles. The second-order valence-electron chi connectivity index (χ2n) is 7.38. The molecule has 12 heteroatoms. The third-order valence-electron chi connectivity index (χ3n) is 5.33. The highest BCUT2D eigenvalue weighted by Gasteiger charge is 2.26. The molecule has 0 unspecified atom stereocenters. The van der Waals surface area contributed by atoms with Crippen molar-refractivity contribution in [2.45, 2.75) is 32.3 Å². The zero-order valence-electron chi connectivity index (χ0n) is 19.2. The Morgan fingerprint density at radius 2 is 1.83 bits per heavy atom. The van der Waals surface area contributed by atoms with Crippen LogP contribution in [0.4, 0.5) is 20.2 Å². The van der Waals surface area contributed by atoms with Crippen molar-refractivity contribution in [3.05, 3.63) is 70.3 Å². The normalized spacial score (nSPS) is 12.4. The molecule has 0 fully saturated rings. The van der Waals surface area contributed by atoms with Crippen LogP contribution >= 0.6 is 0 Å². The number of fused-ring (bicyclic) bond motifs is 1. The molecule has 3 aromatic rings. The SMILES string of the molecule is CCN(CC)S(=O)(=O)c1ccc(N/N=C(/C)c2ccc3ccccc3c2OC(F)F)c([N+](=O)[O-])c1. The average molecular weight is 507 g/mol. The van der Waals surface area contributed by atoms with Crippen LogP contribution in [-0.2, 0) is 10.0 Å². The van der Waals surface area contributed by atoms with Gasteiger partial charge in [-0.05, 0) is 30.5 Å². The quantitative estimate of drug-likeness (QED) is 0.229. The number of alkyl halides is 2. The molecule has 35 heavy (non-hydrogen) atoms. The van der Waals surface area contributed by atoms with E-state index in [0.29, 0.717) is 10.8 Å². The highest BCUT2D eigenvalue weighted by atomic mass is 32.2. The first-order valence-electron chi connectivity index (χ1n) is 10.7. The van der Waals surface area contributed by atoms with E-state index in [1.54, 1.807) is 50.2 Å². The van der Waals surface area contributed by atoms with Gasteiger partial charge in [-0.15, -0.1) is 0 Å². The van der Waals surface area contributed by atoms with Gasteiger partial charge < -0.3 is 4.74 Å². The Morgan fingerprint density at radius 1 is 1.14 bits per heavy atom. The molecule has 0 atom stereocenters. The Morgan fingerprint density at radius 3 is 2.46 bits per heavy atom. The van der Waals surface area contributed by atoms with E-state index in [-0.39, 0.29) is 40.7 Å². The first-order valence-corrected chi connectivity index (χ1v) is 12.1. The number of ether oxygens (including phenoxy) is 1. The summed E-state index contributed by atoms with van der Waals surface area (Å²) in [6, 6.07) is 13.6. The largest absolute Gasteiger partial charge is 0.433 e. The molecule has 3 rings (SSSR count). The first kappa shape index (κ1) is 26.0. The molecule has 186 valence electrons. The number of halogens is 2. The summed E-state index contributed by atoms with van der Waals surface area (Å²) in [5.41, 5.74) is 2.47. The fourth-order valence-electron chi connectivity index (χ4n) is 3.58.